The summed E-state index contributed by atoms with van der Waals surface area (Å²) >= 11 is 0. The monoisotopic (exact) mass is 293 g/mol. The highest BCUT2D eigenvalue weighted by molar-refractivity contribution is 6.02. The zero-order chi connectivity index (χ0) is 15.6. The minimum Gasteiger partial charge on any atom is -0.369 e. The Labute approximate surface area is 127 Å². The van der Waals surface area contributed by atoms with Crippen LogP contribution in [-0.2, 0) is 10.3 Å². The van der Waals surface area contributed by atoms with Crippen molar-refractivity contribution in [3.8, 4) is 0 Å². The Balaban J connectivity index is 2.28. The molecule has 0 bridgehead atoms. The molecule has 0 saturated carbocycles. The molecule has 1 aliphatic heterocycles. The number of guanidine groups is 1. The average molecular weight is 293 g/mol. The number of nitrogens with two attached hydrogens (primary N) is 2. The van der Waals surface area contributed by atoms with Gasteiger partial charge in [-0.2, -0.15) is 4.99 Å². The summed E-state index contributed by atoms with van der Waals surface area (Å²) in [6.45, 7) is 0. The zero-order valence-electron chi connectivity index (χ0n) is 11.8. The summed E-state index contributed by atoms with van der Waals surface area (Å²) in [6.07, 6.45) is 1.35. The molecule has 2 aromatic rings. The molecule has 0 saturated heterocycles. The van der Waals surface area contributed by atoms with Crippen LogP contribution in [0.25, 0.3) is 0 Å². The molecule has 0 radical (unpaired) electrons. The van der Waals surface area contributed by atoms with Gasteiger partial charge < -0.3 is 11.5 Å². The van der Waals surface area contributed by atoms with Crippen molar-refractivity contribution in [2.45, 2.75) is 5.54 Å². The molecule has 1 heterocycles. The molecule has 0 spiro atoms. The van der Waals surface area contributed by atoms with Crippen LogP contribution in [0.4, 0.5) is 0 Å². The van der Waals surface area contributed by atoms with E-state index in [0.717, 1.165) is 11.1 Å². The van der Waals surface area contributed by atoms with Crippen molar-refractivity contribution in [2.24, 2.45) is 21.6 Å². The average Bonchev–Trinajstić information content (AvgIpc) is 2.86. The highest BCUT2D eigenvalue weighted by Gasteiger charge is 2.50. The molecule has 0 aliphatic carbocycles. The first-order valence-electron chi connectivity index (χ1n) is 6.74. The number of nitrogens with zero attached hydrogens (tertiary/aromatic N) is 3. The van der Waals surface area contributed by atoms with Crippen molar-refractivity contribution < 1.29 is 4.79 Å². The van der Waals surface area contributed by atoms with Gasteiger partial charge in [-0.1, -0.05) is 60.7 Å². The highest BCUT2D eigenvalue weighted by Crippen LogP contribution is 2.39. The van der Waals surface area contributed by atoms with Gasteiger partial charge in [0.25, 0.3) is 5.91 Å². The molecule has 1 aliphatic rings. The van der Waals surface area contributed by atoms with E-state index in [0.29, 0.717) is 0 Å². The SMILES string of the molecule is NC(N)=NN1C=NC(=O)C1(c1ccccc1)c1ccccc1. The Morgan fingerprint density at radius 2 is 1.45 bits per heavy atom. The molecule has 1 amide bonds. The number of hydrogen-bond donors (Lipinski definition) is 2. The number of carbonyl (C=O) groups is 1. The topological polar surface area (TPSA) is 97.1 Å². The summed E-state index contributed by atoms with van der Waals surface area (Å²) in [4.78, 5) is 16.6. The number of carbonyl (C=O) groups excluding carboxylic acids is 1. The molecule has 110 valence electrons. The number of benzene rings is 2. The van der Waals surface area contributed by atoms with Gasteiger partial charge in [0, 0.05) is 0 Å². The number of aliphatic imine (C=N–C) groups is 1. The first-order chi connectivity index (χ1) is 10.7. The standard InChI is InChI=1S/C16H15N5O/c17-15(18)20-21-11-19-14(22)16(21,12-7-3-1-4-8-12)13-9-5-2-6-10-13/h1-11H,(H4,17,18,20). The Hall–Kier alpha value is -3.15. The number of amides is 1. The van der Waals surface area contributed by atoms with Crippen molar-refractivity contribution in [3.63, 3.8) is 0 Å². The van der Waals surface area contributed by atoms with Crippen LogP contribution in [0.3, 0.4) is 0 Å². The maximum Gasteiger partial charge on any atom is 0.284 e. The lowest BCUT2D eigenvalue weighted by atomic mass is 9.82. The normalized spacial score (nSPS) is 15.8. The lowest BCUT2D eigenvalue weighted by molar-refractivity contribution is -0.124. The van der Waals surface area contributed by atoms with Gasteiger partial charge in [0.2, 0.25) is 5.96 Å². The van der Waals surface area contributed by atoms with Gasteiger partial charge >= 0.3 is 0 Å². The molecule has 0 unspecified atom stereocenters. The Bertz CT molecular complexity index is 696. The smallest absolute Gasteiger partial charge is 0.284 e. The Kier molecular flexibility index (Phi) is 3.34. The van der Waals surface area contributed by atoms with Gasteiger partial charge in [0.05, 0.1) is 0 Å². The van der Waals surface area contributed by atoms with Crippen molar-refractivity contribution in [1.29, 1.82) is 0 Å². The predicted octanol–water partition coefficient (Wildman–Crippen LogP) is 0.989. The summed E-state index contributed by atoms with van der Waals surface area (Å²) in [5.41, 5.74) is 11.3. The van der Waals surface area contributed by atoms with E-state index < -0.39 is 5.54 Å². The third kappa shape index (κ3) is 2.01. The van der Waals surface area contributed by atoms with E-state index in [1.54, 1.807) is 0 Å². The zero-order valence-corrected chi connectivity index (χ0v) is 11.8. The second-order valence-electron chi connectivity index (χ2n) is 4.86. The van der Waals surface area contributed by atoms with Crippen molar-refractivity contribution in [1.82, 2.24) is 5.01 Å². The molecular formula is C16H15N5O. The molecule has 0 aromatic heterocycles. The molecular weight excluding hydrogens is 278 g/mol. The van der Waals surface area contributed by atoms with E-state index in [2.05, 4.69) is 10.1 Å². The van der Waals surface area contributed by atoms with Gasteiger partial charge in [-0.3, -0.25) is 4.79 Å². The summed E-state index contributed by atoms with van der Waals surface area (Å²) in [5, 5.41) is 5.48. The molecule has 0 atom stereocenters. The summed E-state index contributed by atoms with van der Waals surface area (Å²) < 4.78 is 0. The van der Waals surface area contributed by atoms with Crippen LogP contribution in [0.15, 0.2) is 70.8 Å². The van der Waals surface area contributed by atoms with Gasteiger partial charge in [-0.15, -0.1) is 5.10 Å². The van der Waals surface area contributed by atoms with Crippen LogP contribution >= 0.6 is 0 Å². The van der Waals surface area contributed by atoms with Crippen LogP contribution in [0, 0.1) is 0 Å². The molecule has 0 fully saturated rings. The quantitative estimate of drug-likeness (QED) is 0.651. The summed E-state index contributed by atoms with van der Waals surface area (Å²) in [5.74, 6) is -0.479. The fourth-order valence-electron chi connectivity index (χ4n) is 2.65. The number of hydrogen-bond acceptors (Lipinski definition) is 3. The van der Waals surface area contributed by atoms with Crippen LogP contribution in [0.1, 0.15) is 11.1 Å². The Morgan fingerprint density at radius 3 is 1.91 bits per heavy atom. The van der Waals surface area contributed by atoms with E-state index in [1.807, 2.05) is 60.7 Å². The first kappa shape index (κ1) is 13.8. The van der Waals surface area contributed by atoms with Crippen molar-refractivity contribution >= 4 is 18.2 Å². The fourth-order valence-corrected chi connectivity index (χ4v) is 2.65. The van der Waals surface area contributed by atoms with Crippen LogP contribution < -0.4 is 11.5 Å². The van der Waals surface area contributed by atoms with Crippen LogP contribution in [-0.4, -0.2) is 23.2 Å². The van der Waals surface area contributed by atoms with Crippen LogP contribution in [0.2, 0.25) is 0 Å². The predicted molar refractivity (Wildman–Crippen MR) is 84.8 cm³/mol. The maximum atomic E-state index is 12.7. The molecule has 2 aromatic carbocycles. The summed E-state index contributed by atoms with van der Waals surface area (Å²) in [6, 6.07) is 18.6. The maximum absolute atomic E-state index is 12.7. The van der Waals surface area contributed by atoms with E-state index in [-0.39, 0.29) is 11.9 Å². The van der Waals surface area contributed by atoms with Gasteiger partial charge in [0.15, 0.2) is 5.54 Å². The highest BCUT2D eigenvalue weighted by atomic mass is 16.2. The van der Waals surface area contributed by atoms with Crippen molar-refractivity contribution in [2.75, 3.05) is 0 Å². The molecule has 4 N–H and O–H groups in total. The third-order valence-electron chi connectivity index (χ3n) is 3.54. The minimum absolute atomic E-state index is 0.141. The van der Waals surface area contributed by atoms with Gasteiger partial charge in [-0.25, -0.2) is 5.01 Å². The van der Waals surface area contributed by atoms with E-state index in [9.17, 15) is 4.79 Å². The molecule has 6 nitrogen and oxygen atoms in total. The second kappa shape index (κ2) is 5.33. The third-order valence-corrected chi connectivity index (χ3v) is 3.54. The second-order valence-corrected chi connectivity index (χ2v) is 4.86. The number of hydrazone groups is 1. The number of rotatable bonds is 3. The first-order valence-corrected chi connectivity index (χ1v) is 6.74. The van der Waals surface area contributed by atoms with E-state index in [4.69, 9.17) is 11.5 Å². The molecule has 3 rings (SSSR count). The molecule has 22 heavy (non-hydrogen) atoms. The van der Waals surface area contributed by atoms with E-state index in [1.165, 1.54) is 11.3 Å². The van der Waals surface area contributed by atoms with Crippen molar-refractivity contribution in [3.05, 3.63) is 71.8 Å². The van der Waals surface area contributed by atoms with Crippen LogP contribution in [0.5, 0.6) is 0 Å². The summed E-state index contributed by atoms with van der Waals surface area (Å²) in [7, 11) is 0. The Morgan fingerprint density at radius 1 is 0.955 bits per heavy atom. The molecule has 6 heteroatoms. The minimum atomic E-state index is -1.19. The lowest BCUT2D eigenvalue weighted by Crippen LogP contribution is -2.46. The van der Waals surface area contributed by atoms with Gasteiger partial charge in [0.1, 0.15) is 6.34 Å². The van der Waals surface area contributed by atoms with E-state index >= 15 is 0 Å². The lowest BCUT2D eigenvalue weighted by Gasteiger charge is -2.33. The largest absolute Gasteiger partial charge is 0.369 e. The fraction of sp³-hybridized carbons (Fsp3) is 0.0625. The van der Waals surface area contributed by atoms with Gasteiger partial charge in [-0.05, 0) is 11.1 Å².